The number of hydrogen-bond donors (Lipinski definition) is 3. The highest BCUT2D eigenvalue weighted by Crippen LogP contribution is 2.12. The number of carboxylic acid groups (broad SMARTS) is 1. The lowest BCUT2D eigenvalue weighted by Gasteiger charge is -2.22. The molecule has 0 aliphatic carbocycles. The van der Waals surface area contributed by atoms with Crippen LogP contribution in [0.25, 0.3) is 0 Å². The number of benzene rings is 2. The quantitative estimate of drug-likeness (QED) is 0.648. The fourth-order valence-corrected chi connectivity index (χ4v) is 2.57. The maximum Gasteiger partial charge on any atom is 0.335 e. The number of carboxylic acids is 1. The zero-order valence-corrected chi connectivity index (χ0v) is 16.1. The molecular formula is C21H24N2O5. The molecule has 0 aliphatic rings. The van der Waals surface area contributed by atoms with Crippen molar-refractivity contribution in [3.05, 3.63) is 65.2 Å². The van der Waals surface area contributed by atoms with E-state index >= 15 is 0 Å². The van der Waals surface area contributed by atoms with Crippen molar-refractivity contribution in [1.82, 2.24) is 10.6 Å². The van der Waals surface area contributed by atoms with Crippen LogP contribution in [-0.4, -0.2) is 36.0 Å². The first-order chi connectivity index (χ1) is 13.3. The molecule has 2 rings (SSSR count). The van der Waals surface area contributed by atoms with Crippen molar-refractivity contribution in [2.24, 2.45) is 5.92 Å². The molecule has 3 N–H and O–H groups in total. The molecule has 7 heteroatoms. The van der Waals surface area contributed by atoms with E-state index in [0.717, 1.165) is 5.56 Å². The summed E-state index contributed by atoms with van der Waals surface area (Å²) in [5, 5.41) is 14.5. The van der Waals surface area contributed by atoms with E-state index in [1.165, 1.54) is 12.1 Å². The standard InChI is InChI=1S/C21H24N2O5/c1-13(2)18(23-19(24)15-8-10-17(28-3)11-9-15)20(25)22-12-14-4-6-16(7-5-14)21(26)27/h4-11,13,18H,12H2,1-3H3,(H,22,25)(H,23,24)(H,26,27). The van der Waals surface area contributed by atoms with Crippen LogP contribution in [0, 0.1) is 5.92 Å². The Labute approximate surface area is 163 Å². The van der Waals surface area contributed by atoms with Crippen LogP contribution in [0.2, 0.25) is 0 Å². The predicted octanol–water partition coefficient (Wildman–Crippen LogP) is 2.46. The molecule has 1 atom stereocenters. The van der Waals surface area contributed by atoms with Crippen molar-refractivity contribution in [2.45, 2.75) is 26.4 Å². The van der Waals surface area contributed by atoms with Crippen LogP contribution in [-0.2, 0) is 11.3 Å². The molecule has 148 valence electrons. The van der Waals surface area contributed by atoms with Gasteiger partial charge in [0, 0.05) is 12.1 Å². The van der Waals surface area contributed by atoms with Crippen LogP contribution in [0.3, 0.4) is 0 Å². The number of rotatable bonds is 8. The van der Waals surface area contributed by atoms with Gasteiger partial charge < -0.3 is 20.5 Å². The van der Waals surface area contributed by atoms with Gasteiger partial charge in [-0.1, -0.05) is 26.0 Å². The Morgan fingerprint density at radius 2 is 1.54 bits per heavy atom. The molecule has 0 radical (unpaired) electrons. The first-order valence-electron chi connectivity index (χ1n) is 8.86. The van der Waals surface area contributed by atoms with Gasteiger partial charge in [0.05, 0.1) is 12.7 Å². The van der Waals surface area contributed by atoms with Gasteiger partial charge >= 0.3 is 5.97 Å². The Kier molecular flexibility index (Phi) is 7.14. The summed E-state index contributed by atoms with van der Waals surface area (Å²) >= 11 is 0. The summed E-state index contributed by atoms with van der Waals surface area (Å²) in [5.74, 6) is -1.13. The molecule has 1 unspecified atom stereocenters. The molecular weight excluding hydrogens is 360 g/mol. The SMILES string of the molecule is COc1ccc(C(=O)NC(C(=O)NCc2ccc(C(=O)O)cc2)C(C)C)cc1. The Morgan fingerprint density at radius 3 is 2.04 bits per heavy atom. The molecule has 0 saturated carbocycles. The van der Waals surface area contributed by atoms with Crippen LogP contribution < -0.4 is 15.4 Å². The third-order valence-electron chi connectivity index (χ3n) is 4.26. The minimum atomic E-state index is -1.00. The second-order valence-electron chi connectivity index (χ2n) is 6.64. The van der Waals surface area contributed by atoms with Crippen LogP contribution in [0.5, 0.6) is 5.75 Å². The molecule has 2 amide bonds. The van der Waals surface area contributed by atoms with Gasteiger partial charge in [0.2, 0.25) is 5.91 Å². The van der Waals surface area contributed by atoms with Gasteiger partial charge in [0.1, 0.15) is 11.8 Å². The van der Waals surface area contributed by atoms with Gasteiger partial charge in [0.25, 0.3) is 5.91 Å². The van der Waals surface area contributed by atoms with E-state index in [-0.39, 0.29) is 29.8 Å². The zero-order valence-electron chi connectivity index (χ0n) is 16.1. The van der Waals surface area contributed by atoms with Gasteiger partial charge in [0.15, 0.2) is 0 Å². The van der Waals surface area contributed by atoms with E-state index in [2.05, 4.69) is 10.6 Å². The Bertz CT molecular complexity index is 829. The third-order valence-corrected chi connectivity index (χ3v) is 4.26. The monoisotopic (exact) mass is 384 g/mol. The minimum Gasteiger partial charge on any atom is -0.497 e. The van der Waals surface area contributed by atoms with E-state index in [9.17, 15) is 14.4 Å². The van der Waals surface area contributed by atoms with E-state index in [4.69, 9.17) is 9.84 Å². The van der Waals surface area contributed by atoms with Crippen LogP contribution in [0.4, 0.5) is 0 Å². The maximum atomic E-state index is 12.6. The topological polar surface area (TPSA) is 105 Å². The minimum absolute atomic E-state index is 0.114. The average molecular weight is 384 g/mol. The summed E-state index contributed by atoms with van der Waals surface area (Å²) in [7, 11) is 1.55. The summed E-state index contributed by atoms with van der Waals surface area (Å²) in [6.07, 6.45) is 0. The summed E-state index contributed by atoms with van der Waals surface area (Å²) in [4.78, 5) is 35.9. The lowest BCUT2D eigenvalue weighted by molar-refractivity contribution is -0.124. The highest BCUT2D eigenvalue weighted by molar-refractivity contribution is 5.97. The highest BCUT2D eigenvalue weighted by atomic mass is 16.5. The number of nitrogens with one attached hydrogen (secondary N) is 2. The van der Waals surface area contributed by atoms with Crippen molar-refractivity contribution in [3.8, 4) is 5.75 Å². The molecule has 0 heterocycles. The third kappa shape index (κ3) is 5.57. The second-order valence-corrected chi connectivity index (χ2v) is 6.64. The number of methoxy groups -OCH3 is 1. The highest BCUT2D eigenvalue weighted by Gasteiger charge is 2.24. The first kappa shape index (κ1) is 21.0. The summed E-state index contributed by atoms with van der Waals surface area (Å²) < 4.78 is 5.07. The lowest BCUT2D eigenvalue weighted by atomic mass is 10.0. The largest absolute Gasteiger partial charge is 0.497 e. The maximum absolute atomic E-state index is 12.6. The van der Waals surface area contributed by atoms with Crippen LogP contribution >= 0.6 is 0 Å². The van der Waals surface area contributed by atoms with Gasteiger partial charge in [-0.15, -0.1) is 0 Å². The fourth-order valence-electron chi connectivity index (χ4n) is 2.57. The smallest absolute Gasteiger partial charge is 0.335 e. The van der Waals surface area contributed by atoms with Crippen molar-refractivity contribution < 1.29 is 24.2 Å². The molecule has 0 spiro atoms. The molecule has 2 aromatic carbocycles. The van der Waals surface area contributed by atoms with E-state index in [1.807, 2.05) is 13.8 Å². The summed E-state index contributed by atoms with van der Waals surface area (Å²) in [6, 6.07) is 12.2. The second kappa shape index (κ2) is 9.55. The number of ether oxygens (including phenoxy) is 1. The van der Waals surface area contributed by atoms with Crippen molar-refractivity contribution in [2.75, 3.05) is 7.11 Å². The number of carbonyl (C=O) groups is 3. The number of carbonyl (C=O) groups excluding carboxylic acids is 2. The van der Waals surface area contributed by atoms with Crippen molar-refractivity contribution in [1.29, 1.82) is 0 Å². The molecule has 7 nitrogen and oxygen atoms in total. The Hall–Kier alpha value is -3.35. The molecule has 0 saturated heterocycles. The molecule has 0 bridgehead atoms. The van der Waals surface area contributed by atoms with Crippen LogP contribution in [0.1, 0.15) is 40.1 Å². The van der Waals surface area contributed by atoms with Crippen molar-refractivity contribution >= 4 is 17.8 Å². The van der Waals surface area contributed by atoms with Gasteiger partial charge in [-0.2, -0.15) is 0 Å². The normalized spacial score (nSPS) is 11.6. The number of hydrogen-bond acceptors (Lipinski definition) is 4. The van der Waals surface area contributed by atoms with Gasteiger partial charge in [-0.05, 0) is 47.9 Å². The molecule has 2 aromatic rings. The molecule has 0 aromatic heterocycles. The number of amides is 2. The Morgan fingerprint density at radius 1 is 0.964 bits per heavy atom. The lowest BCUT2D eigenvalue weighted by Crippen LogP contribution is -2.49. The summed E-state index contributed by atoms with van der Waals surface area (Å²) in [5.41, 5.74) is 1.38. The van der Waals surface area contributed by atoms with Crippen molar-refractivity contribution in [3.63, 3.8) is 0 Å². The molecule has 0 fully saturated rings. The zero-order chi connectivity index (χ0) is 20.7. The number of aromatic carboxylic acids is 1. The summed E-state index contributed by atoms with van der Waals surface area (Å²) in [6.45, 7) is 3.93. The fraction of sp³-hybridized carbons (Fsp3) is 0.286. The van der Waals surface area contributed by atoms with E-state index in [0.29, 0.717) is 11.3 Å². The van der Waals surface area contributed by atoms with Gasteiger partial charge in [-0.3, -0.25) is 9.59 Å². The van der Waals surface area contributed by atoms with E-state index < -0.39 is 12.0 Å². The predicted molar refractivity (Wildman–Crippen MR) is 104 cm³/mol. The Balaban J connectivity index is 1.98. The van der Waals surface area contributed by atoms with E-state index in [1.54, 1.807) is 43.5 Å². The average Bonchev–Trinajstić information content (AvgIpc) is 2.70. The van der Waals surface area contributed by atoms with Crippen LogP contribution in [0.15, 0.2) is 48.5 Å². The molecule has 28 heavy (non-hydrogen) atoms. The molecule has 0 aliphatic heterocycles. The van der Waals surface area contributed by atoms with Gasteiger partial charge in [-0.25, -0.2) is 4.79 Å². The first-order valence-corrected chi connectivity index (χ1v) is 8.86.